The number of ketones is 1. The summed E-state index contributed by atoms with van der Waals surface area (Å²) in [6.07, 6.45) is 0. The van der Waals surface area contributed by atoms with Gasteiger partial charge in [-0.15, -0.1) is 0 Å². The number of hydrogen-bond acceptors (Lipinski definition) is 5. The van der Waals surface area contributed by atoms with Gasteiger partial charge in [0, 0.05) is 5.56 Å². The van der Waals surface area contributed by atoms with Crippen molar-refractivity contribution >= 4 is 17.7 Å². The molecule has 0 aliphatic carbocycles. The van der Waals surface area contributed by atoms with Gasteiger partial charge in [-0.2, -0.15) is 0 Å². The third kappa shape index (κ3) is 3.54. The lowest BCUT2D eigenvalue weighted by molar-refractivity contribution is -0.129. The van der Waals surface area contributed by atoms with Gasteiger partial charge < -0.3 is 9.47 Å². The molecule has 21 heavy (non-hydrogen) atoms. The van der Waals surface area contributed by atoms with Crippen molar-refractivity contribution in [1.29, 1.82) is 0 Å². The van der Waals surface area contributed by atoms with Crippen LogP contribution in [0.5, 0.6) is 5.75 Å². The monoisotopic (exact) mass is 284 g/mol. The summed E-state index contributed by atoms with van der Waals surface area (Å²) >= 11 is 0. The van der Waals surface area contributed by atoms with Crippen molar-refractivity contribution in [3.63, 3.8) is 0 Å². The molecule has 0 saturated heterocycles. The minimum atomic E-state index is -1.01. The fourth-order valence-electron chi connectivity index (χ4n) is 1.67. The fraction of sp³-hybridized carbons (Fsp3) is 0.0625. The number of hydrogen-bond donors (Lipinski definition) is 0. The normalized spacial score (nSPS) is 9.76. The van der Waals surface area contributed by atoms with Crippen LogP contribution in [0.25, 0.3) is 0 Å². The molecule has 2 rings (SSSR count). The second-order valence-electron chi connectivity index (χ2n) is 4.10. The van der Waals surface area contributed by atoms with E-state index in [-0.39, 0.29) is 16.9 Å². The Morgan fingerprint density at radius 1 is 0.857 bits per heavy atom. The molecule has 0 fully saturated rings. The average Bonchev–Trinajstić information content (AvgIpc) is 2.54. The van der Waals surface area contributed by atoms with Gasteiger partial charge >= 0.3 is 11.9 Å². The number of esters is 2. The zero-order valence-electron chi connectivity index (χ0n) is 11.2. The third-order valence-corrected chi connectivity index (χ3v) is 2.69. The lowest BCUT2D eigenvalue weighted by Crippen LogP contribution is -2.20. The number of rotatable bonds is 4. The molecule has 2 aromatic carbocycles. The maximum atomic E-state index is 11.9. The zero-order chi connectivity index (χ0) is 15.2. The van der Waals surface area contributed by atoms with Crippen molar-refractivity contribution in [2.75, 3.05) is 7.11 Å². The number of methoxy groups -OCH3 is 1. The molecule has 0 aromatic heterocycles. The maximum absolute atomic E-state index is 11.9. The Balaban J connectivity index is 2.13. The molecule has 0 unspecified atom stereocenters. The van der Waals surface area contributed by atoms with Crippen LogP contribution < -0.4 is 4.74 Å². The van der Waals surface area contributed by atoms with Gasteiger partial charge in [-0.3, -0.25) is 4.79 Å². The van der Waals surface area contributed by atoms with Crippen molar-refractivity contribution in [2.45, 2.75) is 0 Å². The highest BCUT2D eigenvalue weighted by Crippen LogP contribution is 2.15. The Bertz CT molecular complexity index is 676. The molecule has 0 bridgehead atoms. The quantitative estimate of drug-likeness (QED) is 0.373. The summed E-state index contributed by atoms with van der Waals surface area (Å²) in [6, 6.07) is 13.9. The smallest absolute Gasteiger partial charge is 0.385 e. The van der Waals surface area contributed by atoms with E-state index < -0.39 is 17.7 Å². The summed E-state index contributed by atoms with van der Waals surface area (Å²) in [5.74, 6) is -2.21. The van der Waals surface area contributed by atoms with Gasteiger partial charge in [-0.05, 0) is 18.2 Å². The molecule has 0 aliphatic heterocycles. The van der Waals surface area contributed by atoms with Crippen LogP contribution in [-0.2, 0) is 9.53 Å². The van der Waals surface area contributed by atoms with Crippen LogP contribution >= 0.6 is 0 Å². The first kappa shape index (κ1) is 14.5. The predicted molar refractivity (Wildman–Crippen MR) is 74.2 cm³/mol. The average molecular weight is 284 g/mol. The van der Waals surface area contributed by atoms with E-state index in [0.29, 0.717) is 0 Å². The van der Waals surface area contributed by atoms with Crippen LogP contribution in [0.15, 0.2) is 54.6 Å². The van der Waals surface area contributed by atoms with Gasteiger partial charge in [-0.1, -0.05) is 36.4 Å². The first-order chi connectivity index (χ1) is 10.1. The molecular formula is C16H12O5. The van der Waals surface area contributed by atoms with Gasteiger partial charge in [0.2, 0.25) is 0 Å². The van der Waals surface area contributed by atoms with Crippen LogP contribution in [0.1, 0.15) is 20.7 Å². The molecule has 0 aliphatic rings. The molecule has 0 radical (unpaired) electrons. The predicted octanol–water partition coefficient (Wildman–Crippen LogP) is 2.26. The standard InChI is InChI=1S/C16H12O5/c1-20-15(18)12-8-5-9-13(10-12)21-16(19)14(17)11-6-3-2-4-7-11/h2-10H,1H3. The largest absolute Gasteiger partial charge is 0.465 e. The third-order valence-electron chi connectivity index (χ3n) is 2.69. The lowest BCUT2D eigenvalue weighted by atomic mass is 10.1. The van der Waals surface area contributed by atoms with Gasteiger partial charge in [0.1, 0.15) is 5.75 Å². The van der Waals surface area contributed by atoms with E-state index in [1.165, 1.54) is 43.5 Å². The number of carbonyl (C=O) groups excluding carboxylic acids is 3. The highest BCUT2D eigenvalue weighted by atomic mass is 16.5. The van der Waals surface area contributed by atoms with Crippen molar-refractivity contribution < 1.29 is 23.9 Å². The topological polar surface area (TPSA) is 69.7 Å². The van der Waals surface area contributed by atoms with Crippen LogP contribution in [0.4, 0.5) is 0 Å². The summed E-state index contributed by atoms with van der Waals surface area (Å²) in [5, 5.41) is 0. The molecule has 0 N–H and O–H groups in total. The molecule has 0 saturated carbocycles. The van der Waals surface area contributed by atoms with E-state index in [1.807, 2.05) is 0 Å². The van der Waals surface area contributed by atoms with Gasteiger partial charge in [0.05, 0.1) is 12.7 Å². The fourth-order valence-corrected chi connectivity index (χ4v) is 1.67. The number of Topliss-reactive ketones (excluding diaryl/α,β-unsaturated/α-hetero) is 1. The summed E-state index contributed by atoms with van der Waals surface area (Å²) < 4.78 is 9.54. The van der Waals surface area contributed by atoms with Crippen molar-refractivity contribution in [3.8, 4) is 5.75 Å². The van der Waals surface area contributed by atoms with Crippen LogP contribution in [0.3, 0.4) is 0 Å². The second kappa shape index (κ2) is 6.47. The van der Waals surface area contributed by atoms with E-state index in [4.69, 9.17) is 4.74 Å². The van der Waals surface area contributed by atoms with Crippen LogP contribution in [0.2, 0.25) is 0 Å². The molecule has 0 heterocycles. The number of benzene rings is 2. The minimum Gasteiger partial charge on any atom is -0.465 e. The Morgan fingerprint density at radius 3 is 2.19 bits per heavy atom. The minimum absolute atomic E-state index is 0.104. The highest BCUT2D eigenvalue weighted by Gasteiger charge is 2.19. The summed E-state index contributed by atoms with van der Waals surface area (Å²) in [5.41, 5.74) is 0.474. The van der Waals surface area contributed by atoms with Crippen molar-refractivity contribution in [2.24, 2.45) is 0 Å². The van der Waals surface area contributed by atoms with E-state index in [9.17, 15) is 14.4 Å². The molecular weight excluding hydrogens is 272 g/mol. The van der Waals surface area contributed by atoms with Gasteiger partial charge in [0.15, 0.2) is 0 Å². The zero-order valence-corrected chi connectivity index (χ0v) is 11.2. The molecule has 106 valence electrons. The van der Waals surface area contributed by atoms with Crippen LogP contribution in [-0.4, -0.2) is 24.8 Å². The molecule has 5 heteroatoms. The Labute approximate surface area is 121 Å². The first-order valence-electron chi connectivity index (χ1n) is 6.12. The van der Waals surface area contributed by atoms with E-state index in [0.717, 1.165) is 0 Å². The Morgan fingerprint density at radius 2 is 1.52 bits per heavy atom. The highest BCUT2D eigenvalue weighted by molar-refractivity contribution is 6.41. The molecule has 0 amide bonds. The SMILES string of the molecule is COC(=O)c1cccc(OC(=O)C(=O)c2ccccc2)c1. The second-order valence-corrected chi connectivity index (χ2v) is 4.10. The molecule has 0 spiro atoms. The summed E-state index contributed by atoms with van der Waals surface area (Å²) in [6.45, 7) is 0. The van der Waals surface area contributed by atoms with E-state index >= 15 is 0 Å². The lowest BCUT2D eigenvalue weighted by Gasteiger charge is -2.05. The molecule has 2 aromatic rings. The first-order valence-corrected chi connectivity index (χ1v) is 6.12. The van der Waals surface area contributed by atoms with Gasteiger partial charge in [0.25, 0.3) is 5.78 Å². The molecule has 0 atom stereocenters. The Kier molecular flexibility index (Phi) is 4.46. The summed E-state index contributed by atoms with van der Waals surface area (Å²) in [4.78, 5) is 35.0. The van der Waals surface area contributed by atoms with E-state index in [2.05, 4.69) is 4.74 Å². The van der Waals surface area contributed by atoms with Crippen molar-refractivity contribution in [3.05, 3.63) is 65.7 Å². The van der Waals surface area contributed by atoms with Crippen molar-refractivity contribution in [1.82, 2.24) is 0 Å². The number of carbonyl (C=O) groups is 3. The maximum Gasteiger partial charge on any atom is 0.385 e. The van der Waals surface area contributed by atoms with E-state index in [1.54, 1.807) is 18.2 Å². The number of ether oxygens (including phenoxy) is 2. The Hall–Kier alpha value is -2.95. The summed E-state index contributed by atoms with van der Waals surface area (Å²) in [7, 11) is 1.25. The van der Waals surface area contributed by atoms with Gasteiger partial charge in [-0.25, -0.2) is 9.59 Å². The molecule has 5 nitrogen and oxygen atoms in total. The van der Waals surface area contributed by atoms with Crippen LogP contribution in [0, 0.1) is 0 Å².